The monoisotopic (exact) mass is 391 g/mol. The first-order chi connectivity index (χ1) is 12.8. The van der Waals surface area contributed by atoms with E-state index >= 15 is 0 Å². The van der Waals surface area contributed by atoms with E-state index in [0.29, 0.717) is 24.9 Å². The van der Waals surface area contributed by atoms with Gasteiger partial charge in [-0.15, -0.1) is 0 Å². The molecule has 27 heavy (non-hydrogen) atoms. The molecule has 0 aromatic carbocycles. The van der Waals surface area contributed by atoms with E-state index < -0.39 is 9.84 Å². The number of carbonyl (C=O) groups is 1. The van der Waals surface area contributed by atoms with Crippen molar-refractivity contribution in [2.24, 2.45) is 0 Å². The Bertz CT molecular complexity index is 859. The summed E-state index contributed by atoms with van der Waals surface area (Å²) in [5, 5.41) is 0. The second kappa shape index (κ2) is 7.09. The smallest absolute Gasteiger partial charge is 0.246 e. The van der Waals surface area contributed by atoms with E-state index in [0.717, 1.165) is 25.1 Å². The molecule has 4 rings (SSSR count). The van der Waals surface area contributed by atoms with Crippen molar-refractivity contribution >= 4 is 21.8 Å². The van der Waals surface area contributed by atoms with Gasteiger partial charge in [-0.1, -0.05) is 0 Å². The normalized spacial score (nSPS) is 26.1. The van der Waals surface area contributed by atoms with Gasteiger partial charge in [-0.3, -0.25) is 9.69 Å². The molecule has 148 valence electrons. The Labute approximate surface area is 161 Å². The third kappa shape index (κ3) is 3.99. The first kappa shape index (κ1) is 18.7. The number of nitrogens with zero attached hydrogens (tertiary/aromatic N) is 3. The maximum Gasteiger partial charge on any atom is 0.246 e. The summed E-state index contributed by atoms with van der Waals surface area (Å²) in [6.45, 7) is 7.12. The van der Waals surface area contributed by atoms with Crippen LogP contribution in [0.1, 0.15) is 42.3 Å². The molecule has 1 aromatic rings. The lowest BCUT2D eigenvalue weighted by Crippen LogP contribution is -2.52. The Morgan fingerprint density at radius 1 is 1.07 bits per heavy atom. The van der Waals surface area contributed by atoms with Gasteiger partial charge in [0.2, 0.25) is 5.91 Å². The van der Waals surface area contributed by atoms with Crippen molar-refractivity contribution in [1.29, 1.82) is 0 Å². The Morgan fingerprint density at radius 3 is 2.37 bits per heavy atom. The molecular formula is C20H29N3O3S. The van der Waals surface area contributed by atoms with Crippen molar-refractivity contribution in [3.8, 4) is 0 Å². The van der Waals surface area contributed by atoms with Crippen molar-refractivity contribution < 1.29 is 13.2 Å². The minimum Gasteiger partial charge on any atom is -0.346 e. The molecule has 1 aromatic heterocycles. The van der Waals surface area contributed by atoms with Crippen molar-refractivity contribution in [2.45, 2.75) is 45.2 Å². The molecule has 3 fully saturated rings. The summed E-state index contributed by atoms with van der Waals surface area (Å²) in [5.41, 5.74) is 3.64. The summed E-state index contributed by atoms with van der Waals surface area (Å²) in [6, 6.07) is 2.95. The molecule has 0 radical (unpaired) electrons. The molecule has 1 atom stereocenters. The predicted octanol–water partition coefficient (Wildman–Crippen LogP) is 1.78. The van der Waals surface area contributed by atoms with Crippen molar-refractivity contribution in [1.82, 2.24) is 14.4 Å². The highest BCUT2D eigenvalue weighted by atomic mass is 32.2. The van der Waals surface area contributed by atoms with Crippen LogP contribution in [-0.2, 0) is 14.6 Å². The molecule has 1 saturated carbocycles. The quantitative estimate of drug-likeness (QED) is 0.734. The summed E-state index contributed by atoms with van der Waals surface area (Å²) >= 11 is 0. The lowest BCUT2D eigenvalue weighted by molar-refractivity contribution is -0.127. The number of carbonyl (C=O) groups excluding carboxylic acids is 1. The molecule has 2 aliphatic heterocycles. The summed E-state index contributed by atoms with van der Waals surface area (Å²) in [7, 11) is -2.86. The van der Waals surface area contributed by atoms with E-state index in [9.17, 15) is 13.2 Å². The van der Waals surface area contributed by atoms with Crippen LogP contribution in [0.3, 0.4) is 0 Å². The molecule has 6 nitrogen and oxygen atoms in total. The molecule has 3 heterocycles. The van der Waals surface area contributed by atoms with Gasteiger partial charge in [0.15, 0.2) is 9.84 Å². The van der Waals surface area contributed by atoms with E-state index in [4.69, 9.17) is 0 Å². The van der Waals surface area contributed by atoms with Crippen molar-refractivity contribution in [3.63, 3.8) is 0 Å². The molecule has 0 N–H and O–H groups in total. The number of rotatable bonds is 4. The van der Waals surface area contributed by atoms with Crippen LogP contribution in [-0.4, -0.2) is 72.4 Å². The largest absolute Gasteiger partial charge is 0.346 e. The third-order valence-electron chi connectivity index (χ3n) is 6.19. The SMILES string of the molecule is Cc1cc(/C=C/C(=O)N2CCN([C@@H]3CCS(=O)(=O)C3)CC2)c(C)n1C1CC1. The molecule has 3 aliphatic rings. The second-order valence-electron chi connectivity index (χ2n) is 8.18. The number of piperazine rings is 1. The topological polar surface area (TPSA) is 62.6 Å². The van der Waals surface area contributed by atoms with Gasteiger partial charge < -0.3 is 9.47 Å². The molecule has 1 aliphatic carbocycles. The first-order valence-electron chi connectivity index (χ1n) is 9.94. The summed E-state index contributed by atoms with van der Waals surface area (Å²) < 4.78 is 25.7. The van der Waals surface area contributed by atoms with Crippen molar-refractivity contribution in [2.75, 3.05) is 37.7 Å². The zero-order chi connectivity index (χ0) is 19.2. The van der Waals surface area contributed by atoms with E-state index in [1.165, 1.54) is 24.2 Å². The van der Waals surface area contributed by atoms with Gasteiger partial charge in [-0.25, -0.2) is 8.42 Å². The average molecular weight is 392 g/mol. The maximum absolute atomic E-state index is 12.6. The number of sulfone groups is 1. The fourth-order valence-corrected chi connectivity index (χ4v) is 6.26. The van der Waals surface area contributed by atoms with Crippen LogP contribution in [0, 0.1) is 13.8 Å². The van der Waals surface area contributed by atoms with Crippen LogP contribution in [0.25, 0.3) is 6.08 Å². The number of hydrogen-bond donors (Lipinski definition) is 0. The van der Waals surface area contributed by atoms with Gasteiger partial charge in [0.1, 0.15) is 0 Å². The van der Waals surface area contributed by atoms with E-state index in [1.54, 1.807) is 6.08 Å². The lowest BCUT2D eigenvalue weighted by atomic mass is 10.2. The molecule has 2 saturated heterocycles. The molecule has 0 unspecified atom stereocenters. The minimum absolute atomic E-state index is 0.0462. The molecule has 7 heteroatoms. The van der Waals surface area contributed by atoms with Crippen LogP contribution < -0.4 is 0 Å². The highest BCUT2D eigenvalue weighted by molar-refractivity contribution is 7.91. The van der Waals surface area contributed by atoms with E-state index in [2.05, 4.69) is 29.4 Å². The zero-order valence-corrected chi connectivity index (χ0v) is 17.0. The minimum atomic E-state index is -2.86. The Hall–Kier alpha value is -1.60. The van der Waals surface area contributed by atoms with Crippen LogP contribution in [0.15, 0.2) is 12.1 Å². The standard InChI is InChI=1S/C20H29N3O3S/c1-15-13-17(16(2)23(15)18-4-5-18)3-6-20(24)22-10-8-21(9-11-22)19-7-12-27(25,26)14-19/h3,6,13,18-19H,4-5,7-12,14H2,1-2H3/b6-3+/t19-/m1/s1. The van der Waals surface area contributed by atoms with Gasteiger partial charge >= 0.3 is 0 Å². The Balaban J connectivity index is 1.33. The zero-order valence-electron chi connectivity index (χ0n) is 16.2. The molecular weight excluding hydrogens is 362 g/mol. The number of amides is 1. The van der Waals surface area contributed by atoms with Crippen LogP contribution in [0.4, 0.5) is 0 Å². The fraction of sp³-hybridized carbons (Fsp3) is 0.650. The van der Waals surface area contributed by atoms with Gasteiger partial charge in [0.25, 0.3) is 0 Å². The third-order valence-corrected chi connectivity index (χ3v) is 7.94. The molecule has 1 amide bonds. The maximum atomic E-state index is 12.6. The number of hydrogen-bond acceptors (Lipinski definition) is 4. The summed E-state index contributed by atoms with van der Waals surface area (Å²) in [4.78, 5) is 16.7. The van der Waals surface area contributed by atoms with Crippen LogP contribution in [0.2, 0.25) is 0 Å². The highest BCUT2D eigenvalue weighted by Crippen LogP contribution is 2.38. The fourth-order valence-electron chi connectivity index (χ4n) is 4.50. The Morgan fingerprint density at radius 2 is 1.78 bits per heavy atom. The number of aryl methyl sites for hydroxylation is 1. The first-order valence-corrected chi connectivity index (χ1v) is 11.8. The van der Waals surface area contributed by atoms with Gasteiger partial charge in [0.05, 0.1) is 11.5 Å². The van der Waals surface area contributed by atoms with Gasteiger partial charge in [-0.05, 0) is 50.8 Å². The summed E-state index contributed by atoms with van der Waals surface area (Å²) in [5.74, 6) is 0.626. The van der Waals surface area contributed by atoms with Gasteiger partial charge in [-0.2, -0.15) is 0 Å². The summed E-state index contributed by atoms with van der Waals surface area (Å²) in [6.07, 6.45) is 6.87. The van der Waals surface area contributed by atoms with Gasteiger partial charge in [0, 0.05) is 55.7 Å². The highest BCUT2D eigenvalue weighted by Gasteiger charge is 2.34. The van der Waals surface area contributed by atoms with Crippen LogP contribution >= 0.6 is 0 Å². The second-order valence-corrected chi connectivity index (χ2v) is 10.4. The average Bonchev–Trinajstić information content (AvgIpc) is 3.34. The lowest BCUT2D eigenvalue weighted by Gasteiger charge is -2.37. The van der Waals surface area contributed by atoms with E-state index in [1.807, 2.05) is 11.0 Å². The van der Waals surface area contributed by atoms with Crippen LogP contribution in [0.5, 0.6) is 0 Å². The molecule has 0 spiro atoms. The predicted molar refractivity (Wildman–Crippen MR) is 106 cm³/mol. The van der Waals surface area contributed by atoms with Crippen molar-refractivity contribution in [3.05, 3.63) is 29.1 Å². The van der Waals surface area contributed by atoms with E-state index in [-0.39, 0.29) is 17.7 Å². The Kier molecular flexibility index (Phi) is 4.93. The molecule has 0 bridgehead atoms. The number of aromatic nitrogens is 1.